The van der Waals surface area contributed by atoms with Crippen molar-refractivity contribution in [3.8, 4) is 0 Å². The van der Waals surface area contributed by atoms with E-state index >= 15 is 0 Å². The van der Waals surface area contributed by atoms with Gasteiger partial charge in [-0.15, -0.1) is 0 Å². The van der Waals surface area contributed by atoms with Crippen molar-refractivity contribution in [2.75, 3.05) is 18.4 Å². The number of nitrogens with one attached hydrogen (secondary N) is 1. The van der Waals surface area contributed by atoms with Gasteiger partial charge in [0.05, 0.1) is 0 Å². The lowest BCUT2D eigenvalue weighted by Gasteiger charge is -2.36. The third kappa shape index (κ3) is 4.22. The topological polar surface area (TPSA) is 35.6 Å². The summed E-state index contributed by atoms with van der Waals surface area (Å²) in [7, 11) is 0. The Hall–Kier alpha value is -3.44. The zero-order valence-electron chi connectivity index (χ0n) is 20.9. The lowest BCUT2D eigenvalue weighted by molar-refractivity contribution is 0.0590. The average Bonchev–Trinajstić information content (AvgIpc) is 3.36. The quantitative estimate of drug-likeness (QED) is 0.414. The van der Waals surface area contributed by atoms with Crippen molar-refractivity contribution in [1.29, 1.82) is 0 Å². The van der Waals surface area contributed by atoms with Gasteiger partial charge >= 0.3 is 0 Å². The Morgan fingerprint density at radius 3 is 2.53 bits per heavy atom. The highest BCUT2D eigenvalue weighted by molar-refractivity contribution is 5.98. The van der Waals surface area contributed by atoms with Crippen LogP contribution in [0, 0.1) is 5.82 Å². The van der Waals surface area contributed by atoms with Gasteiger partial charge in [-0.1, -0.05) is 48.0 Å². The molecule has 0 bridgehead atoms. The van der Waals surface area contributed by atoms with E-state index in [0.29, 0.717) is 6.04 Å². The van der Waals surface area contributed by atoms with E-state index < -0.39 is 0 Å². The number of halogens is 1. The van der Waals surface area contributed by atoms with E-state index in [1.54, 1.807) is 6.07 Å². The molecule has 0 spiro atoms. The highest BCUT2D eigenvalue weighted by atomic mass is 19.1. The minimum atomic E-state index is -0.243. The Bertz CT molecular complexity index is 1360. The van der Waals surface area contributed by atoms with Gasteiger partial charge in [0.1, 0.15) is 5.82 Å². The van der Waals surface area contributed by atoms with Crippen molar-refractivity contribution >= 4 is 17.3 Å². The van der Waals surface area contributed by atoms with Crippen molar-refractivity contribution in [1.82, 2.24) is 9.80 Å². The van der Waals surface area contributed by atoms with Crippen LogP contribution in [-0.4, -0.2) is 34.8 Å². The van der Waals surface area contributed by atoms with Crippen LogP contribution in [0.5, 0.6) is 0 Å². The molecule has 3 aromatic rings. The van der Waals surface area contributed by atoms with Crippen LogP contribution in [0.4, 0.5) is 15.8 Å². The highest BCUT2D eigenvalue weighted by Gasteiger charge is 2.39. The van der Waals surface area contributed by atoms with E-state index in [1.807, 2.05) is 24.3 Å². The Morgan fingerprint density at radius 2 is 1.81 bits per heavy atom. The molecule has 4 nitrogen and oxygen atoms in total. The van der Waals surface area contributed by atoms with Gasteiger partial charge in [-0.3, -0.25) is 9.69 Å². The van der Waals surface area contributed by atoms with Crippen LogP contribution in [0.3, 0.4) is 0 Å². The second kappa shape index (κ2) is 8.90. The van der Waals surface area contributed by atoms with E-state index in [2.05, 4.69) is 59.3 Å². The lowest BCUT2D eigenvalue weighted by atomic mass is 9.89. The van der Waals surface area contributed by atoms with Gasteiger partial charge in [0.15, 0.2) is 0 Å². The summed E-state index contributed by atoms with van der Waals surface area (Å²) in [4.78, 5) is 17.5. The summed E-state index contributed by atoms with van der Waals surface area (Å²) < 4.78 is 13.7. The molecule has 1 saturated heterocycles. The number of fused-ring (bicyclic) bond motifs is 1. The second-order valence-corrected chi connectivity index (χ2v) is 10.6. The van der Waals surface area contributed by atoms with Gasteiger partial charge in [0, 0.05) is 54.6 Å². The number of hydrogen-bond donors (Lipinski definition) is 1. The number of amides is 1. The van der Waals surface area contributed by atoms with E-state index in [0.717, 1.165) is 61.5 Å². The molecule has 0 aromatic heterocycles. The molecule has 1 atom stereocenters. The maximum Gasteiger partial charge on any atom is 0.254 e. The average molecular weight is 482 g/mol. The molecule has 1 amide bonds. The third-order valence-electron chi connectivity index (χ3n) is 8.24. The highest BCUT2D eigenvalue weighted by Crippen LogP contribution is 2.49. The zero-order chi connectivity index (χ0) is 24.9. The number of rotatable bonds is 6. The smallest absolute Gasteiger partial charge is 0.254 e. The number of carbonyl (C=O) groups excluding carboxylic acids is 1. The standard InChI is InChI=1S/C31H32FN3O/c1-21-18-31(21,2)28-16-22(10-11-29(28)33-25-8-5-7-24(32)17-25)19-34-14-12-26(13-15-34)35-20-23-6-3-4-9-27(23)30(35)36/h3-11,16-18,26,33H,12-15,19-20H2,1-2H3. The molecule has 1 unspecified atom stereocenters. The molecule has 184 valence electrons. The summed E-state index contributed by atoms with van der Waals surface area (Å²) in [6.07, 6.45) is 4.30. The number of likely N-dealkylation sites (tertiary alicyclic amines) is 1. The molecule has 3 aliphatic rings. The molecule has 5 heteroatoms. The minimum absolute atomic E-state index is 0.0518. The molecule has 3 aromatic carbocycles. The monoisotopic (exact) mass is 481 g/mol. The van der Waals surface area contributed by atoms with Gasteiger partial charge in [-0.05, 0) is 73.7 Å². The van der Waals surface area contributed by atoms with E-state index in [4.69, 9.17) is 0 Å². The fourth-order valence-electron chi connectivity index (χ4n) is 5.86. The van der Waals surface area contributed by atoms with Crippen LogP contribution in [0.1, 0.15) is 53.7 Å². The van der Waals surface area contributed by atoms with Crippen LogP contribution in [0.25, 0.3) is 0 Å². The fourth-order valence-corrected chi connectivity index (χ4v) is 5.86. The summed E-state index contributed by atoms with van der Waals surface area (Å²) in [5, 5.41) is 3.44. The first-order valence-electron chi connectivity index (χ1n) is 12.9. The minimum Gasteiger partial charge on any atom is -0.355 e. The Balaban J connectivity index is 1.13. The van der Waals surface area contributed by atoms with Gasteiger partial charge in [0.2, 0.25) is 0 Å². The van der Waals surface area contributed by atoms with E-state index in [-0.39, 0.29) is 17.1 Å². The zero-order valence-corrected chi connectivity index (χ0v) is 20.9. The molecule has 2 aliphatic heterocycles. The molecule has 1 aliphatic carbocycles. The first-order valence-corrected chi connectivity index (χ1v) is 12.9. The van der Waals surface area contributed by atoms with Gasteiger partial charge in [-0.25, -0.2) is 4.39 Å². The molecule has 2 heterocycles. The predicted octanol–water partition coefficient (Wildman–Crippen LogP) is 6.41. The Labute approximate surface area is 212 Å². The van der Waals surface area contributed by atoms with Crippen molar-refractivity contribution in [3.05, 3.63) is 106 Å². The summed E-state index contributed by atoms with van der Waals surface area (Å²) in [6, 6.07) is 21.5. The number of carbonyl (C=O) groups is 1. The number of allylic oxidation sites excluding steroid dienone is 2. The van der Waals surface area contributed by atoms with Crippen LogP contribution >= 0.6 is 0 Å². The maximum atomic E-state index is 13.7. The SMILES string of the molecule is CC1=CC1(C)c1cc(CN2CCC(N3Cc4ccccc4C3=O)CC2)ccc1Nc1cccc(F)c1. The molecule has 36 heavy (non-hydrogen) atoms. The molecule has 0 radical (unpaired) electrons. The summed E-state index contributed by atoms with van der Waals surface area (Å²) in [5.74, 6) is -0.0522. The summed E-state index contributed by atoms with van der Waals surface area (Å²) >= 11 is 0. The fraction of sp³-hybridized carbons (Fsp3) is 0.323. The number of benzene rings is 3. The summed E-state index contributed by atoms with van der Waals surface area (Å²) in [5.41, 5.74) is 7.63. The normalized spacial score (nSPS) is 21.9. The second-order valence-electron chi connectivity index (χ2n) is 10.6. The van der Waals surface area contributed by atoms with Gasteiger partial charge in [0.25, 0.3) is 5.91 Å². The first kappa shape index (κ1) is 23.0. The number of anilines is 2. The van der Waals surface area contributed by atoms with E-state index in [9.17, 15) is 9.18 Å². The number of nitrogens with zero attached hydrogens (tertiary/aromatic N) is 2. The molecule has 1 N–H and O–H groups in total. The molecule has 1 fully saturated rings. The first-order chi connectivity index (χ1) is 17.4. The molecule has 6 rings (SSSR count). The van der Waals surface area contributed by atoms with Crippen LogP contribution in [0.15, 0.2) is 78.4 Å². The maximum absolute atomic E-state index is 13.7. The predicted molar refractivity (Wildman–Crippen MR) is 142 cm³/mol. The molecular weight excluding hydrogens is 449 g/mol. The summed E-state index contributed by atoms with van der Waals surface area (Å²) in [6.45, 7) is 8.02. The van der Waals surface area contributed by atoms with Crippen molar-refractivity contribution < 1.29 is 9.18 Å². The van der Waals surface area contributed by atoms with Crippen molar-refractivity contribution in [2.24, 2.45) is 0 Å². The van der Waals surface area contributed by atoms with Crippen molar-refractivity contribution in [3.63, 3.8) is 0 Å². The molecule has 0 saturated carbocycles. The lowest BCUT2D eigenvalue weighted by Crippen LogP contribution is -2.44. The number of piperidine rings is 1. The van der Waals surface area contributed by atoms with Crippen LogP contribution in [-0.2, 0) is 18.5 Å². The third-order valence-corrected chi connectivity index (χ3v) is 8.24. The van der Waals surface area contributed by atoms with Crippen LogP contribution in [0.2, 0.25) is 0 Å². The Morgan fingerprint density at radius 1 is 1.03 bits per heavy atom. The van der Waals surface area contributed by atoms with E-state index in [1.165, 1.54) is 28.8 Å². The number of hydrogen-bond acceptors (Lipinski definition) is 3. The molecular formula is C31H32FN3O. The Kier molecular flexibility index (Phi) is 5.68. The van der Waals surface area contributed by atoms with Gasteiger partial charge < -0.3 is 10.2 Å². The van der Waals surface area contributed by atoms with Crippen molar-refractivity contribution in [2.45, 2.75) is 51.2 Å². The van der Waals surface area contributed by atoms with Crippen LogP contribution < -0.4 is 5.32 Å². The van der Waals surface area contributed by atoms with Gasteiger partial charge in [-0.2, -0.15) is 0 Å². The largest absolute Gasteiger partial charge is 0.355 e.